The molecule has 0 spiro atoms. The second-order valence-electron chi connectivity index (χ2n) is 15.7. The van der Waals surface area contributed by atoms with E-state index in [1.165, 1.54) is 98.9 Å². The van der Waals surface area contributed by atoms with Crippen LogP contribution in [0.25, 0.3) is 44.6 Å². The third-order valence-corrected chi connectivity index (χ3v) is 9.44. The zero-order valence-corrected chi connectivity index (χ0v) is 41.6. The van der Waals surface area contributed by atoms with E-state index in [1.807, 2.05) is 72.8 Å². The van der Waals surface area contributed by atoms with Crippen molar-refractivity contribution in [1.29, 1.82) is 0 Å². The summed E-state index contributed by atoms with van der Waals surface area (Å²) in [7, 11) is -21.3. The van der Waals surface area contributed by atoms with Gasteiger partial charge in [0.15, 0.2) is 0 Å². The van der Waals surface area contributed by atoms with Crippen LogP contribution >= 0.6 is 15.6 Å². The number of hydrogen-bond acceptors (Lipinski definition) is 6. The van der Waals surface area contributed by atoms with Crippen molar-refractivity contribution in [2.24, 2.45) is 0 Å². The van der Waals surface area contributed by atoms with Gasteiger partial charge in [0.2, 0.25) is 0 Å². The summed E-state index contributed by atoms with van der Waals surface area (Å²) in [5.41, 5.74) is 8.47. The van der Waals surface area contributed by atoms with Gasteiger partial charge in [-0.25, -0.2) is 0 Å². The summed E-state index contributed by atoms with van der Waals surface area (Å²) in [6.07, 6.45) is 29.6. The summed E-state index contributed by atoms with van der Waals surface area (Å²) in [5.74, 6) is 0. The van der Waals surface area contributed by atoms with Crippen LogP contribution in [0, 0.1) is 0 Å². The van der Waals surface area contributed by atoms with E-state index in [0.29, 0.717) is 0 Å². The summed E-state index contributed by atoms with van der Waals surface area (Å²) in [4.78, 5) is 26.4. The molecule has 0 aliphatic rings. The van der Waals surface area contributed by atoms with Gasteiger partial charge >= 0.3 is 85.5 Å². The smallest absolute Gasteiger partial charge is 0.255 e. The fraction of sp³-hybridized carbons (Fsp3) is 0.333. The van der Waals surface area contributed by atoms with E-state index in [4.69, 9.17) is 9.97 Å². The average Bonchev–Trinajstić information content (AvgIpc) is 3.28. The molecule has 0 aliphatic heterocycles. The first kappa shape index (κ1) is 60.4. The molecule has 69 heavy (non-hydrogen) atoms. The van der Waals surface area contributed by atoms with Crippen LogP contribution in [0.2, 0.25) is 0 Å². The number of hydrogen-bond donors (Lipinski definition) is 0. The fourth-order valence-electron chi connectivity index (χ4n) is 6.43. The Labute approximate surface area is 407 Å². The van der Waals surface area contributed by atoms with Gasteiger partial charge in [0.05, 0.1) is 33.8 Å². The van der Waals surface area contributed by atoms with Gasteiger partial charge in [-0.15, -0.1) is 0 Å². The minimum atomic E-state index is -10.7. The van der Waals surface area contributed by atoms with Crippen LogP contribution in [0.3, 0.4) is 0 Å². The molecule has 0 fully saturated rings. The maximum absolute atomic E-state index is 10.7. The molecule has 0 N–H and O–H groups in total. The Morgan fingerprint density at radius 1 is 0.348 bits per heavy atom. The first-order chi connectivity index (χ1) is 31.6. The number of aromatic nitrogens is 6. The Morgan fingerprint density at radius 3 is 0.855 bits per heavy atom. The zero-order chi connectivity index (χ0) is 50.3. The van der Waals surface area contributed by atoms with E-state index < -0.39 is 15.6 Å². The number of fused-ring (bicyclic) bond motifs is 3. The largest absolute Gasteiger partial charge is 2.00 e. The predicted octanol–water partition coefficient (Wildman–Crippen LogP) is 19.6. The molecule has 6 nitrogen and oxygen atoms in total. The molecule has 6 aromatic heterocycles. The summed E-state index contributed by atoms with van der Waals surface area (Å²) >= 11 is 0. The van der Waals surface area contributed by atoms with Crippen molar-refractivity contribution in [1.82, 2.24) is 29.9 Å². The number of rotatable bonds is 16. The molecule has 6 heterocycles. The van der Waals surface area contributed by atoms with Crippen molar-refractivity contribution in [2.45, 2.75) is 104 Å². The minimum absolute atomic E-state index is 0. The molecule has 0 atom stereocenters. The van der Waals surface area contributed by atoms with Crippen LogP contribution in [-0.4, -0.2) is 29.9 Å². The van der Waals surface area contributed by atoms with Gasteiger partial charge in [-0.1, -0.05) is 114 Å². The van der Waals surface area contributed by atoms with Crippen LogP contribution < -0.4 is 0 Å². The van der Waals surface area contributed by atoms with Gasteiger partial charge < -0.3 is 0 Å². The van der Waals surface area contributed by atoms with Gasteiger partial charge in [-0.2, -0.15) is 0 Å². The summed E-state index contributed by atoms with van der Waals surface area (Å²) in [5, 5.41) is 2.45. The molecule has 0 amide bonds. The molecule has 0 radical (unpaired) electrons. The molecule has 0 saturated carbocycles. The number of pyridine rings is 6. The first-order valence-electron chi connectivity index (χ1n) is 22.1. The average molecular weight is 1110 g/mol. The first-order valence-corrected chi connectivity index (χ1v) is 26.1. The molecule has 0 bridgehead atoms. The molecule has 0 saturated heterocycles. The molecular weight excluding hydrogens is 1050 g/mol. The van der Waals surface area contributed by atoms with Crippen molar-refractivity contribution in [3.63, 3.8) is 0 Å². The third-order valence-electron chi connectivity index (χ3n) is 9.44. The van der Waals surface area contributed by atoms with Crippen molar-refractivity contribution in [2.75, 3.05) is 0 Å². The van der Waals surface area contributed by atoms with E-state index in [-0.39, 0.29) is 19.5 Å². The van der Waals surface area contributed by atoms with Gasteiger partial charge in [0.1, 0.15) is 0 Å². The van der Waals surface area contributed by atoms with Crippen molar-refractivity contribution >= 4 is 37.4 Å². The van der Waals surface area contributed by atoms with Gasteiger partial charge in [0.25, 0.3) is 0 Å². The Kier molecular flexibility index (Phi) is 22.7. The van der Waals surface area contributed by atoms with E-state index in [0.717, 1.165) is 46.7 Å². The maximum Gasteiger partial charge on any atom is 2.00 e. The summed E-state index contributed by atoms with van der Waals surface area (Å²) < 4.78 is 118. The molecule has 380 valence electrons. The summed E-state index contributed by atoms with van der Waals surface area (Å²) in [6, 6.07) is 32.3. The van der Waals surface area contributed by atoms with Gasteiger partial charge in [0, 0.05) is 48.0 Å². The number of unbranched alkanes of at least 4 members (excludes halogenated alkanes) is 10. The van der Waals surface area contributed by atoms with Crippen LogP contribution in [-0.2, 0) is 32.3 Å². The van der Waals surface area contributed by atoms with Crippen molar-refractivity contribution in [3.05, 3.63) is 145 Å². The Bertz CT molecular complexity index is 2260. The normalized spacial score (nSPS) is 13.1. The molecule has 7 aromatic rings. The molecule has 7 rings (SSSR count). The van der Waals surface area contributed by atoms with Gasteiger partial charge in [-0.05, 0) is 97.5 Å². The molecule has 0 unspecified atom stereocenters. The Balaban J connectivity index is 0.000000343. The Hall–Kier alpha value is -4.72. The topological polar surface area (TPSA) is 77.3 Å². The molecular formula is C48H56F12N6P2Ru. The van der Waals surface area contributed by atoms with Crippen LogP contribution in [0.15, 0.2) is 134 Å². The van der Waals surface area contributed by atoms with E-state index in [9.17, 15) is 50.4 Å². The van der Waals surface area contributed by atoms with Gasteiger partial charge in [-0.3, -0.25) is 29.9 Å². The second-order valence-corrected chi connectivity index (χ2v) is 19.5. The van der Waals surface area contributed by atoms with Crippen molar-refractivity contribution in [3.8, 4) is 22.8 Å². The molecule has 21 heteroatoms. The number of benzene rings is 1. The number of halogens is 12. The molecule has 0 aliphatic carbocycles. The predicted molar refractivity (Wildman–Crippen MR) is 253 cm³/mol. The van der Waals surface area contributed by atoms with E-state index in [2.05, 4.69) is 70.4 Å². The Morgan fingerprint density at radius 2 is 0.609 bits per heavy atom. The monoisotopic (exact) mass is 1110 g/mol. The van der Waals surface area contributed by atoms with E-state index >= 15 is 0 Å². The van der Waals surface area contributed by atoms with Crippen molar-refractivity contribution < 1.29 is 69.8 Å². The quantitative estimate of drug-likeness (QED) is 0.0315. The number of aryl methyl sites for hydroxylation is 2. The maximum atomic E-state index is 9.87. The standard InChI is InChI=1S/C28H40N2.2C10H8N2.2F6P.Ru/c1-3-5-7-9-11-13-15-23-19-25-17-18-26-20-24(16-14-12-10-8-6-4-2)22-30-28(26)27(25)29-21-23;2*1-3-7-11-9(5-1)10-6-2-4-8-12-10;2*1-7(2,3,4,5)6;/h17-22H,3-16H2,1-2H3;2*1-8H;;;/q;;;2*-1;+2. The van der Waals surface area contributed by atoms with E-state index in [1.54, 1.807) is 24.8 Å². The molecule has 1 aromatic carbocycles. The van der Waals surface area contributed by atoms with Crippen LogP contribution in [0.1, 0.15) is 102 Å². The van der Waals surface area contributed by atoms with Crippen LogP contribution in [0.4, 0.5) is 50.4 Å². The SMILES string of the molecule is CCCCCCCCc1cnc2c(ccc3cc(CCCCCCCC)cnc32)c1.F[P-](F)(F)(F)(F)F.F[P-](F)(F)(F)(F)F.[Ru+2].c1ccc(-c2ccccn2)nc1.c1ccc(-c2ccccn2)nc1. The number of nitrogens with zero attached hydrogens (tertiary/aromatic N) is 6. The zero-order valence-electron chi connectivity index (χ0n) is 38.1. The second kappa shape index (κ2) is 25.9. The third kappa shape index (κ3) is 31.9. The fourth-order valence-corrected chi connectivity index (χ4v) is 6.43. The summed E-state index contributed by atoms with van der Waals surface area (Å²) in [6.45, 7) is 4.55. The minimum Gasteiger partial charge on any atom is -0.255 e. The van der Waals surface area contributed by atoms with Crippen LogP contribution in [0.5, 0.6) is 0 Å².